The fraction of sp³-hybridized carbons (Fsp3) is 0.545. The van der Waals surface area contributed by atoms with Crippen LogP contribution in [-0.4, -0.2) is 15.7 Å². The van der Waals surface area contributed by atoms with Crippen molar-refractivity contribution in [3.63, 3.8) is 0 Å². The molecule has 1 aromatic heterocycles. The Labute approximate surface area is 89.3 Å². The van der Waals surface area contributed by atoms with Crippen molar-refractivity contribution >= 4 is 11.3 Å². The number of aliphatic hydroxyl groups is 1. The van der Waals surface area contributed by atoms with Crippen LogP contribution in [0, 0.1) is 6.92 Å². The van der Waals surface area contributed by atoms with E-state index >= 15 is 0 Å². The van der Waals surface area contributed by atoms with Crippen molar-refractivity contribution in [2.24, 2.45) is 0 Å². The Hall–Kier alpha value is -0.670. The number of thiazole rings is 1. The van der Waals surface area contributed by atoms with Gasteiger partial charge < -0.3 is 5.11 Å². The lowest BCUT2D eigenvalue weighted by molar-refractivity contribution is 0.0523. The van der Waals surface area contributed by atoms with E-state index in [0.29, 0.717) is 6.42 Å². The highest BCUT2D eigenvalue weighted by Gasteiger charge is 2.21. The molecule has 1 aromatic rings. The second-order valence-electron chi connectivity index (χ2n) is 3.88. The maximum atomic E-state index is 10.0. The molecule has 0 aromatic carbocycles. The van der Waals surface area contributed by atoms with Gasteiger partial charge in [0.2, 0.25) is 0 Å². The van der Waals surface area contributed by atoms with Gasteiger partial charge in [0.15, 0.2) is 0 Å². The monoisotopic (exact) mass is 211 g/mol. The van der Waals surface area contributed by atoms with E-state index in [1.165, 1.54) is 0 Å². The Morgan fingerprint density at radius 1 is 1.71 bits per heavy atom. The first-order valence-corrected chi connectivity index (χ1v) is 5.66. The molecule has 0 spiro atoms. The molecule has 78 valence electrons. The van der Waals surface area contributed by atoms with Crippen LogP contribution in [0.1, 0.15) is 30.5 Å². The van der Waals surface area contributed by atoms with Crippen molar-refractivity contribution < 1.29 is 5.11 Å². The van der Waals surface area contributed by atoms with Crippen molar-refractivity contribution in [3.8, 4) is 0 Å². The summed E-state index contributed by atoms with van der Waals surface area (Å²) in [6, 6.07) is 0. The average molecular weight is 211 g/mol. The Bertz CT molecular complexity index is 304. The number of hydrogen-bond donors (Lipinski definition) is 1. The van der Waals surface area contributed by atoms with Crippen molar-refractivity contribution in [3.05, 3.63) is 28.7 Å². The van der Waals surface area contributed by atoms with Crippen LogP contribution in [0.15, 0.2) is 18.0 Å². The largest absolute Gasteiger partial charge is 0.390 e. The van der Waals surface area contributed by atoms with Gasteiger partial charge in [-0.05, 0) is 26.7 Å². The van der Waals surface area contributed by atoms with Crippen molar-refractivity contribution in [2.45, 2.75) is 38.7 Å². The number of aromatic nitrogens is 1. The number of allylic oxidation sites excluding steroid dienone is 1. The summed E-state index contributed by atoms with van der Waals surface area (Å²) in [7, 11) is 0. The molecule has 0 amide bonds. The zero-order valence-electron chi connectivity index (χ0n) is 8.79. The third-order valence-corrected chi connectivity index (χ3v) is 3.05. The minimum absolute atomic E-state index is 0.638. The van der Waals surface area contributed by atoms with Crippen LogP contribution in [0.3, 0.4) is 0 Å². The molecule has 1 rings (SSSR count). The molecule has 1 heterocycles. The first-order valence-electron chi connectivity index (χ1n) is 4.78. The molecule has 0 saturated carbocycles. The fourth-order valence-corrected chi connectivity index (χ4v) is 2.26. The second kappa shape index (κ2) is 4.71. The van der Waals surface area contributed by atoms with Crippen LogP contribution in [0.5, 0.6) is 0 Å². The standard InChI is InChI=1S/C11H17NOS/c1-4-5-6-11(3,13)7-10-12-9(2)8-14-10/h4,8,13H,1,5-7H2,2-3H3. The van der Waals surface area contributed by atoms with E-state index < -0.39 is 5.60 Å². The zero-order chi connectivity index (χ0) is 10.6. The molecule has 0 fully saturated rings. The van der Waals surface area contributed by atoms with Gasteiger partial charge in [-0.2, -0.15) is 0 Å². The summed E-state index contributed by atoms with van der Waals surface area (Å²) >= 11 is 1.61. The predicted molar refractivity (Wildman–Crippen MR) is 60.6 cm³/mol. The van der Waals surface area contributed by atoms with Crippen molar-refractivity contribution in [1.29, 1.82) is 0 Å². The van der Waals surface area contributed by atoms with Gasteiger partial charge >= 0.3 is 0 Å². The smallest absolute Gasteiger partial charge is 0.0956 e. The van der Waals surface area contributed by atoms with Gasteiger partial charge in [0.1, 0.15) is 0 Å². The highest BCUT2D eigenvalue weighted by atomic mass is 32.1. The molecule has 2 nitrogen and oxygen atoms in total. The molecule has 3 heteroatoms. The predicted octanol–water partition coefficient (Wildman–Crippen LogP) is 2.71. The molecule has 0 saturated heterocycles. The highest BCUT2D eigenvalue weighted by molar-refractivity contribution is 7.09. The van der Waals surface area contributed by atoms with E-state index in [1.54, 1.807) is 11.3 Å². The third-order valence-electron chi connectivity index (χ3n) is 2.09. The quantitative estimate of drug-likeness (QED) is 0.760. The molecule has 0 aliphatic carbocycles. The number of nitrogens with zero attached hydrogens (tertiary/aromatic N) is 1. The lowest BCUT2D eigenvalue weighted by Crippen LogP contribution is -2.26. The Morgan fingerprint density at radius 3 is 2.93 bits per heavy atom. The van der Waals surface area contributed by atoms with Gasteiger partial charge in [0, 0.05) is 17.5 Å². The van der Waals surface area contributed by atoms with E-state index in [1.807, 2.05) is 25.3 Å². The van der Waals surface area contributed by atoms with Gasteiger partial charge in [-0.3, -0.25) is 0 Å². The Morgan fingerprint density at radius 2 is 2.43 bits per heavy atom. The number of hydrogen-bond acceptors (Lipinski definition) is 3. The molecule has 0 aliphatic rings. The first-order chi connectivity index (χ1) is 6.53. The number of aryl methyl sites for hydroxylation is 1. The maximum absolute atomic E-state index is 10.0. The summed E-state index contributed by atoms with van der Waals surface area (Å²) in [5.74, 6) is 0. The van der Waals surface area contributed by atoms with E-state index in [-0.39, 0.29) is 0 Å². The number of rotatable bonds is 5. The first kappa shape index (κ1) is 11.4. The summed E-state index contributed by atoms with van der Waals surface area (Å²) in [6.45, 7) is 7.48. The normalized spacial score (nSPS) is 15.1. The maximum Gasteiger partial charge on any atom is 0.0956 e. The molecule has 0 bridgehead atoms. The summed E-state index contributed by atoms with van der Waals surface area (Å²) in [5.41, 5.74) is 0.378. The van der Waals surface area contributed by atoms with Crippen LogP contribution in [0.4, 0.5) is 0 Å². The molecule has 0 radical (unpaired) electrons. The lowest BCUT2D eigenvalue weighted by Gasteiger charge is -2.20. The molecular weight excluding hydrogens is 194 g/mol. The molecule has 1 unspecified atom stereocenters. The van der Waals surface area contributed by atoms with Gasteiger partial charge in [-0.1, -0.05) is 6.08 Å². The van der Waals surface area contributed by atoms with Crippen molar-refractivity contribution in [2.75, 3.05) is 0 Å². The molecule has 1 atom stereocenters. The minimum Gasteiger partial charge on any atom is -0.390 e. The van der Waals surface area contributed by atoms with Crippen LogP contribution >= 0.6 is 11.3 Å². The SMILES string of the molecule is C=CCCC(C)(O)Cc1nc(C)cs1. The van der Waals surface area contributed by atoms with Crippen molar-refractivity contribution in [1.82, 2.24) is 4.98 Å². The topological polar surface area (TPSA) is 33.1 Å². The summed E-state index contributed by atoms with van der Waals surface area (Å²) in [4.78, 5) is 4.34. The summed E-state index contributed by atoms with van der Waals surface area (Å²) in [6.07, 6.45) is 4.06. The lowest BCUT2D eigenvalue weighted by atomic mass is 9.97. The Kier molecular flexibility index (Phi) is 3.84. The van der Waals surface area contributed by atoms with Crippen LogP contribution in [0.25, 0.3) is 0 Å². The fourth-order valence-electron chi connectivity index (χ4n) is 1.31. The second-order valence-corrected chi connectivity index (χ2v) is 4.83. The van der Waals surface area contributed by atoms with Gasteiger partial charge in [0.05, 0.1) is 10.6 Å². The molecule has 14 heavy (non-hydrogen) atoms. The van der Waals surface area contributed by atoms with Gasteiger partial charge in [-0.15, -0.1) is 17.9 Å². The third kappa shape index (κ3) is 3.60. The van der Waals surface area contributed by atoms with Gasteiger partial charge in [0.25, 0.3) is 0 Å². The van der Waals surface area contributed by atoms with Gasteiger partial charge in [-0.25, -0.2) is 4.98 Å². The molecule has 0 aliphatic heterocycles. The Balaban J connectivity index is 2.53. The highest BCUT2D eigenvalue weighted by Crippen LogP contribution is 2.21. The summed E-state index contributed by atoms with van der Waals surface area (Å²) in [5, 5.41) is 13.1. The van der Waals surface area contributed by atoms with Crippen LogP contribution in [-0.2, 0) is 6.42 Å². The zero-order valence-corrected chi connectivity index (χ0v) is 9.60. The van der Waals surface area contributed by atoms with Crippen LogP contribution in [0.2, 0.25) is 0 Å². The van der Waals surface area contributed by atoms with Crippen LogP contribution < -0.4 is 0 Å². The molecule has 1 N–H and O–H groups in total. The summed E-state index contributed by atoms with van der Waals surface area (Å²) < 4.78 is 0. The van der Waals surface area contributed by atoms with E-state index in [9.17, 15) is 5.11 Å². The average Bonchev–Trinajstić information content (AvgIpc) is 2.47. The van der Waals surface area contributed by atoms with E-state index in [4.69, 9.17) is 0 Å². The minimum atomic E-state index is -0.654. The van der Waals surface area contributed by atoms with E-state index in [2.05, 4.69) is 11.6 Å². The van der Waals surface area contributed by atoms with E-state index in [0.717, 1.165) is 23.5 Å². The molecular formula is C11H17NOS.